The van der Waals surface area contributed by atoms with Gasteiger partial charge < -0.3 is 14.6 Å². The van der Waals surface area contributed by atoms with Gasteiger partial charge >= 0.3 is 5.97 Å². The lowest BCUT2D eigenvalue weighted by molar-refractivity contribution is -0.215. The minimum atomic E-state index is -1.00. The summed E-state index contributed by atoms with van der Waals surface area (Å²) in [6.45, 7) is 1.30. The van der Waals surface area contributed by atoms with Crippen molar-refractivity contribution in [2.75, 3.05) is 0 Å². The van der Waals surface area contributed by atoms with Crippen molar-refractivity contribution in [1.82, 2.24) is 0 Å². The third kappa shape index (κ3) is 1.49. The van der Waals surface area contributed by atoms with Crippen molar-refractivity contribution in [1.29, 1.82) is 0 Å². The molecule has 1 aromatic carbocycles. The van der Waals surface area contributed by atoms with Crippen LogP contribution >= 0.6 is 0 Å². The van der Waals surface area contributed by atoms with Gasteiger partial charge in [0.05, 0.1) is 0 Å². The van der Waals surface area contributed by atoms with Gasteiger partial charge in [-0.3, -0.25) is 4.79 Å². The molecular weight excluding hydrogens is 184 g/mol. The van der Waals surface area contributed by atoms with Crippen molar-refractivity contribution in [2.24, 2.45) is 0 Å². The first kappa shape index (κ1) is 9.18. The van der Waals surface area contributed by atoms with Crippen molar-refractivity contribution < 1.29 is 19.4 Å². The number of benzene rings is 1. The Kier molecular flexibility index (Phi) is 2.23. The predicted molar refractivity (Wildman–Crippen MR) is 47.0 cm³/mol. The molecule has 1 heterocycles. The average molecular weight is 194 g/mol. The quantitative estimate of drug-likeness (QED) is 0.684. The summed E-state index contributed by atoms with van der Waals surface area (Å²) in [5.41, 5.74) is 1.36. The predicted octanol–water partition coefficient (Wildman–Crippen LogP) is 1.27. The molecule has 0 aliphatic carbocycles. The highest BCUT2D eigenvalue weighted by atomic mass is 16.7. The maximum Gasteiger partial charge on any atom is 0.305 e. The zero-order valence-corrected chi connectivity index (χ0v) is 7.64. The van der Waals surface area contributed by atoms with E-state index in [1.54, 1.807) is 24.3 Å². The van der Waals surface area contributed by atoms with E-state index in [1.807, 2.05) is 0 Å². The molecule has 2 unspecified atom stereocenters. The number of rotatable bonds is 1. The molecule has 0 saturated carbocycles. The first-order chi connectivity index (χ1) is 6.68. The van der Waals surface area contributed by atoms with Crippen molar-refractivity contribution in [2.45, 2.75) is 19.5 Å². The molecule has 2 atom stereocenters. The van der Waals surface area contributed by atoms with Gasteiger partial charge in [-0.2, -0.15) is 0 Å². The minimum absolute atomic E-state index is 0.432. The van der Waals surface area contributed by atoms with Gasteiger partial charge in [0.2, 0.25) is 6.29 Å². The van der Waals surface area contributed by atoms with Crippen molar-refractivity contribution in [3.05, 3.63) is 35.4 Å². The monoisotopic (exact) mass is 194 g/mol. The maximum absolute atomic E-state index is 10.7. The molecule has 14 heavy (non-hydrogen) atoms. The van der Waals surface area contributed by atoms with E-state index >= 15 is 0 Å². The largest absolute Gasteiger partial charge is 0.431 e. The molecule has 4 nitrogen and oxygen atoms in total. The normalized spacial score (nSPS) is 24.4. The Hall–Kier alpha value is -1.39. The molecule has 0 spiro atoms. The summed E-state index contributed by atoms with van der Waals surface area (Å²) in [5, 5.41) is 9.45. The highest BCUT2D eigenvalue weighted by Gasteiger charge is 2.31. The number of aliphatic hydroxyl groups is 1. The highest BCUT2D eigenvalue weighted by molar-refractivity contribution is 5.66. The van der Waals surface area contributed by atoms with Gasteiger partial charge in [0.25, 0.3) is 0 Å². The lowest BCUT2D eigenvalue weighted by Gasteiger charge is -2.10. The van der Waals surface area contributed by atoms with E-state index in [0.29, 0.717) is 11.1 Å². The van der Waals surface area contributed by atoms with Gasteiger partial charge in [-0.25, -0.2) is 0 Å². The van der Waals surface area contributed by atoms with Crippen LogP contribution < -0.4 is 0 Å². The molecule has 1 aliphatic rings. The van der Waals surface area contributed by atoms with E-state index in [-0.39, 0.29) is 0 Å². The molecule has 74 valence electrons. The van der Waals surface area contributed by atoms with Crippen LogP contribution in [0.15, 0.2) is 24.3 Å². The summed E-state index contributed by atoms with van der Waals surface area (Å²) in [7, 11) is 0. The zero-order valence-electron chi connectivity index (χ0n) is 7.64. The van der Waals surface area contributed by atoms with Gasteiger partial charge in [-0.15, -0.1) is 0 Å². The van der Waals surface area contributed by atoms with Crippen molar-refractivity contribution in [3.8, 4) is 0 Å². The van der Waals surface area contributed by atoms with Gasteiger partial charge in [0.15, 0.2) is 6.29 Å². The standard InChI is InChI=1S/C10H10O4/c1-6(11)13-10-8-5-3-2-4-7(8)9(12)14-10/h2-5,9-10,12H,1H3. The van der Waals surface area contributed by atoms with Crippen LogP contribution in [0.2, 0.25) is 0 Å². The van der Waals surface area contributed by atoms with Crippen LogP contribution in [0, 0.1) is 0 Å². The Balaban J connectivity index is 2.29. The minimum Gasteiger partial charge on any atom is -0.431 e. The average Bonchev–Trinajstić information content (AvgIpc) is 2.44. The molecular formula is C10H10O4. The van der Waals surface area contributed by atoms with Crippen LogP contribution in [0.1, 0.15) is 30.6 Å². The van der Waals surface area contributed by atoms with E-state index < -0.39 is 18.5 Å². The first-order valence-electron chi connectivity index (χ1n) is 4.28. The third-order valence-electron chi connectivity index (χ3n) is 2.04. The van der Waals surface area contributed by atoms with Crippen molar-refractivity contribution >= 4 is 5.97 Å². The van der Waals surface area contributed by atoms with E-state index in [2.05, 4.69) is 0 Å². The molecule has 1 aromatic rings. The molecule has 1 N–H and O–H groups in total. The number of carbonyl (C=O) groups is 1. The van der Waals surface area contributed by atoms with Crippen LogP contribution in [0.5, 0.6) is 0 Å². The maximum atomic E-state index is 10.7. The molecule has 1 aliphatic heterocycles. The van der Waals surface area contributed by atoms with E-state index in [4.69, 9.17) is 9.47 Å². The van der Waals surface area contributed by atoms with Crippen LogP contribution in [0.4, 0.5) is 0 Å². The Bertz CT molecular complexity index is 361. The lowest BCUT2D eigenvalue weighted by Crippen LogP contribution is -2.07. The molecule has 2 rings (SSSR count). The van der Waals surface area contributed by atoms with Gasteiger partial charge in [-0.05, 0) is 0 Å². The zero-order chi connectivity index (χ0) is 10.1. The SMILES string of the molecule is CC(=O)OC1OC(O)c2ccccc21. The second-order valence-corrected chi connectivity index (χ2v) is 3.06. The number of esters is 1. The van der Waals surface area contributed by atoms with E-state index in [0.717, 1.165) is 0 Å². The Morgan fingerprint density at radius 2 is 2.07 bits per heavy atom. The number of carbonyl (C=O) groups excluding carboxylic acids is 1. The summed E-state index contributed by atoms with van der Waals surface area (Å²) in [6.07, 6.45) is -1.78. The molecule has 0 radical (unpaired) electrons. The number of hydrogen-bond acceptors (Lipinski definition) is 4. The van der Waals surface area contributed by atoms with Crippen molar-refractivity contribution in [3.63, 3.8) is 0 Å². The van der Waals surface area contributed by atoms with E-state index in [1.165, 1.54) is 6.92 Å². The van der Waals surface area contributed by atoms with Gasteiger partial charge in [0.1, 0.15) is 0 Å². The summed E-state index contributed by atoms with van der Waals surface area (Å²) >= 11 is 0. The second kappa shape index (κ2) is 3.40. The molecule has 4 heteroatoms. The summed E-state index contributed by atoms with van der Waals surface area (Å²) < 4.78 is 9.94. The van der Waals surface area contributed by atoms with E-state index in [9.17, 15) is 9.90 Å². The second-order valence-electron chi connectivity index (χ2n) is 3.06. The van der Waals surface area contributed by atoms with Crippen LogP contribution in [-0.4, -0.2) is 11.1 Å². The Labute approximate surface area is 81.1 Å². The summed E-state index contributed by atoms with van der Waals surface area (Å²) in [6, 6.07) is 7.10. The van der Waals surface area contributed by atoms with Crippen LogP contribution in [0.25, 0.3) is 0 Å². The first-order valence-corrected chi connectivity index (χ1v) is 4.28. The third-order valence-corrected chi connectivity index (χ3v) is 2.04. The van der Waals surface area contributed by atoms with Gasteiger partial charge in [-0.1, -0.05) is 24.3 Å². The molecule has 0 fully saturated rings. The van der Waals surface area contributed by atoms with Crippen LogP contribution in [0.3, 0.4) is 0 Å². The summed E-state index contributed by atoms with van der Waals surface area (Å²) in [4.78, 5) is 10.7. The molecule has 0 saturated heterocycles. The number of aliphatic hydroxyl groups excluding tert-OH is 1. The van der Waals surface area contributed by atoms with Gasteiger partial charge in [0, 0.05) is 18.1 Å². The smallest absolute Gasteiger partial charge is 0.305 e. The molecule has 0 amide bonds. The fourth-order valence-corrected chi connectivity index (χ4v) is 1.46. The number of hydrogen-bond donors (Lipinski definition) is 1. The fourth-order valence-electron chi connectivity index (χ4n) is 1.46. The summed E-state index contributed by atoms with van der Waals surface area (Å²) in [5.74, 6) is -0.432. The fraction of sp³-hybridized carbons (Fsp3) is 0.300. The number of fused-ring (bicyclic) bond motifs is 1. The Morgan fingerprint density at radius 3 is 2.71 bits per heavy atom. The Morgan fingerprint density at radius 1 is 1.43 bits per heavy atom. The topological polar surface area (TPSA) is 55.8 Å². The molecule has 0 bridgehead atoms. The number of ether oxygens (including phenoxy) is 2. The van der Waals surface area contributed by atoms with Crippen LogP contribution in [-0.2, 0) is 14.3 Å². The molecule has 0 aromatic heterocycles. The highest BCUT2D eigenvalue weighted by Crippen LogP contribution is 2.37. The lowest BCUT2D eigenvalue weighted by atomic mass is 10.1.